The van der Waals surface area contributed by atoms with E-state index in [0.29, 0.717) is 11.4 Å². The lowest BCUT2D eigenvalue weighted by molar-refractivity contribution is 0.0991. The van der Waals surface area contributed by atoms with Gasteiger partial charge in [0.15, 0.2) is 5.76 Å². The van der Waals surface area contributed by atoms with Crippen molar-refractivity contribution in [1.82, 2.24) is 0 Å². The molecule has 1 amide bonds. The predicted octanol–water partition coefficient (Wildman–Crippen LogP) is 3.52. The van der Waals surface area contributed by atoms with E-state index in [1.54, 1.807) is 18.2 Å². The molecule has 1 aromatic carbocycles. The quantitative estimate of drug-likeness (QED) is 0.788. The fraction of sp³-hybridized carbons (Fsp3) is 0.421. The molecule has 8 heteroatoms. The molecule has 3 rings (SSSR count). The Hall–Kier alpha value is -1.93. The van der Waals surface area contributed by atoms with Crippen LogP contribution < -0.4 is 5.32 Å². The third-order valence-electron chi connectivity index (χ3n) is 4.59. The van der Waals surface area contributed by atoms with Gasteiger partial charge in [0.1, 0.15) is 0 Å². The summed E-state index contributed by atoms with van der Waals surface area (Å²) >= 11 is 0. The van der Waals surface area contributed by atoms with Gasteiger partial charge in [-0.25, -0.2) is 8.42 Å². The Morgan fingerprint density at radius 2 is 1.93 bits per heavy atom. The highest BCUT2D eigenvalue weighted by Crippen LogP contribution is 2.24. The average Bonchev–Trinajstić information content (AvgIpc) is 3.13. The highest BCUT2D eigenvalue weighted by molar-refractivity contribution is 7.90. The zero-order chi connectivity index (χ0) is 19.4. The smallest absolute Gasteiger partial charge is 0.291 e. The number of rotatable bonds is 6. The molecule has 1 saturated carbocycles. The van der Waals surface area contributed by atoms with Gasteiger partial charge in [0.05, 0.1) is 0 Å². The Kier molecular flexibility index (Phi) is 6.16. The SMILES string of the molecule is CS(=O)(=O)c1ccc(C(=O)Nc2cccc(CS(=O)C3CCCCC3)c2)o1. The summed E-state index contributed by atoms with van der Waals surface area (Å²) in [6.45, 7) is 0. The van der Waals surface area contributed by atoms with Crippen molar-refractivity contribution in [2.45, 2.75) is 48.2 Å². The Morgan fingerprint density at radius 3 is 2.59 bits per heavy atom. The first kappa shape index (κ1) is 19.8. The second-order valence-electron chi connectivity index (χ2n) is 6.83. The highest BCUT2D eigenvalue weighted by atomic mass is 32.2. The number of carbonyl (C=O) groups excluding carboxylic acids is 1. The number of benzene rings is 1. The molecule has 1 heterocycles. The lowest BCUT2D eigenvalue weighted by Gasteiger charge is -2.21. The van der Waals surface area contributed by atoms with Crippen LogP contribution in [0.2, 0.25) is 0 Å². The topological polar surface area (TPSA) is 93.5 Å². The summed E-state index contributed by atoms with van der Waals surface area (Å²) in [5, 5.41) is 2.70. The van der Waals surface area contributed by atoms with Gasteiger partial charge in [-0.3, -0.25) is 9.00 Å². The molecule has 1 fully saturated rings. The van der Waals surface area contributed by atoms with Gasteiger partial charge >= 0.3 is 0 Å². The van der Waals surface area contributed by atoms with Crippen LogP contribution in [0.15, 0.2) is 45.9 Å². The van der Waals surface area contributed by atoms with Crippen LogP contribution in [0.5, 0.6) is 0 Å². The number of amides is 1. The average molecular weight is 410 g/mol. The highest BCUT2D eigenvalue weighted by Gasteiger charge is 2.20. The minimum absolute atomic E-state index is 0.0772. The van der Waals surface area contributed by atoms with Crippen LogP contribution >= 0.6 is 0 Å². The molecule has 0 radical (unpaired) electrons. The van der Waals surface area contributed by atoms with Gasteiger partial charge in [-0.1, -0.05) is 31.4 Å². The molecule has 1 aliphatic rings. The van der Waals surface area contributed by atoms with E-state index >= 15 is 0 Å². The third kappa shape index (κ3) is 5.29. The molecular formula is C19H23NO5S2. The van der Waals surface area contributed by atoms with E-state index in [2.05, 4.69) is 5.32 Å². The van der Waals surface area contributed by atoms with Crippen molar-refractivity contribution in [3.05, 3.63) is 47.7 Å². The van der Waals surface area contributed by atoms with Gasteiger partial charge in [-0.2, -0.15) is 0 Å². The molecule has 0 spiro atoms. The second kappa shape index (κ2) is 8.39. The molecule has 1 N–H and O–H groups in total. The molecule has 146 valence electrons. The van der Waals surface area contributed by atoms with E-state index in [1.165, 1.54) is 18.6 Å². The summed E-state index contributed by atoms with van der Waals surface area (Å²) in [5.74, 6) is -0.144. The third-order valence-corrected chi connectivity index (χ3v) is 7.37. The number of hydrogen-bond acceptors (Lipinski definition) is 5. The maximum atomic E-state index is 12.6. The first-order chi connectivity index (χ1) is 12.8. The van der Waals surface area contributed by atoms with E-state index in [4.69, 9.17) is 4.42 Å². The number of furan rings is 1. The van der Waals surface area contributed by atoms with Crippen LogP contribution in [-0.4, -0.2) is 30.0 Å². The van der Waals surface area contributed by atoms with Gasteiger partial charge in [0, 0.05) is 33.7 Å². The number of carbonyl (C=O) groups is 1. The summed E-state index contributed by atoms with van der Waals surface area (Å²) in [4.78, 5) is 12.3. The Balaban J connectivity index is 1.65. The van der Waals surface area contributed by atoms with Crippen LogP contribution in [0.1, 0.15) is 48.2 Å². The fourth-order valence-corrected chi connectivity index (χ4v) is 5.34. The minimum atomic E-state index is -3.50. The van der Waals surface area contributed by atoms with Crippen LogP contribution in [-0.2, 0) is 26.4 Å². The Morgan fingerprint density at radius 1 is 1.19 bits per heavy atom. The van der Waals surface area contributed by atoms with Gasteiger partial charge in [-0.15, -0.1) is 0 Å². The molecule has 6 nitrogen and oxygen atoms in total. The number of anilines is 1. The molecule has 27 heavy (non-hydrogen) atoms. The number of nitrogens with one attached hydrogen (secondary N) is 1. The second-order valence-corrected chi connectivity index (χ2v) is 10.5. The van der Waals surface area contributed by atoms with Crippen molar-refractivity contribution < 1.29 is 21.8 Å². The van der Waals surface area contributed by atoms with Crippen LogP contribution in [0.4, 0.5) is 5.69 Å². The normalized spacial score (nSPS) is 16.8. The fourth-order valence-electron chi connectivity index (χ4n) is 3.18. The van der Waals surface area contributed by atoms with E-state index in [1.807, 2.05) is 6.07 Å². The molecule has 2 aromatic rings. The molecule has 1 aromatic heterocycles. The molecule has 0 saturated heterocycles. The number of hydrogen-bond donors (Lipinski definition) is 1. The molecular weight excluding hydrogens is 386 g/mol. The van der Waals surface area contributed by atoms with Gasteiger partial charge in [0.25, 0.3) is 5.91 Å². The molecule has 1 unspecified atom stereocenters. The first-order valence-electron chi connectivity index (χ1n) is 8.90. The summed E-state index contributed by atoms with van der Waals surface area (Å²) in [5.41, 5.74) is 1.45. The number of sulfone groups is 1. The first-order valence-corrected chi connectivity index (χ1v) is 12.2. The van der Waals surface area contributed by atoms with E-state index in [-0.39, 0.29) is 16.1 Å². The van der Waals surface area contributed by atoms with Crippen molar-refractivity contribution in [1.29, 1.82) is 0 Å². The summed E-state index contributed by atoms with van der Waals surface area (Å²) in [6.07, 6.45) is 6.57. The van der Waals surface area contributed by atoms with Crippen molar-refractivity contribution in [2.24, 2.45) is 0 Å². The lowest BCUT2D eigenvalue weighted by Crippen LogP contribution is -2.19. The van der Waals surface area contributed by atoms with Gasteiger partial charge in [0.2, 0.25) is 14.9 Å². The van der Waals surface area contributed by atoms with Crippen molar-refractivity contribution in [3.63, 3.8) is 0 Å². The van der Waals surface area contributed by atoms with E-state index in [0.717, 1.165) is 37.5 Å². The van der Waals surface area contributed by atoms with Crippen molar-refractivity contribution in [2.75, 3.05) is 11.6 Å². The van der Waals surface area contributed by atoms with Crippen molar-refractivity contribution in [3.8, 4) is 0 Å². The zero-order valence-corrected chi connectivity index (χ0v) is 16.8. The maximum absolute atomic E-state index is 12.6. The predicted molar refractivity (Wildman–Crippen MR) is 105 cm³/mol. The van der Waals surface area contributed by atoms with Crippen LogP contribution in [0.3, 0.4) is 0 Å². The largest absolute Gasteiger partial charge is 0.440 e. The maximum Gasteiger partial charge on any atom is 0.291 e. The van der Waals surface area contributed by atoms with Crippen LogP contribution in [0, 0.1) is 0 Å². The molecule has 1 aliphatic carbocycles. The van der Waals surface area contributed by atoms with Gasteiger partial charge in [-0.05, 0) is 42.7 Å². The summed E-state index contributed by atoms with van der Waals surface area (Å²) in [6, 6.07) is 9.80. The van der Waals surface area contributed by atoms with Crippen molar-refractivity contribution >= 4 is 32.2 Å². The minimum Gasteiger partial charge on any atom is -0.440 e. The van der Waals surface area contributed by atoms with E-state index < -0.39 is 26.5 Å². The van der Waals surface area contributed by atoms with E-state index in [9.17, 15) is 17.4 Å². The molecule has 0 bridgehead atoms. The lowest BCUT2D eigenvalue weighted by atomic mass is 10.0. The summed E-state index contributed by atoms with van der Waals surface area (Å²) < 4.78 is 40.6. The zero-order valence-electron chi connectivity index (χ0n) is 15.1. The van der Waals surface area contributed by atoms with Gasteiger partial charge < -0.3 is 9.73 Å². The monoisotopic (exact) mass is 409 g/mol. The molecule has 1 atom stereocenters. The summed E-state index contributed by atoms with van der Waals surface area (Å²) in [7, 11) is -4.42. The molecule has 0 aliphatic heterocycles. The Labute approximate surface area is 161 Å². The Bertz CT molecular complexity index is 943. The van der Waals surface area contributed by atoms with Crippen LogP contribution in [0.25, 0.3) is 0 Å². The standard InChI is InChI=1S/C19H23NO5S2/c1-27(23,24)18-11-10-17(25-18)19(21)20-15-7-5-6-14(12-15)13-26(22)16-8-3-2-4-9-16/h5-7,10-12,16H,2-4,8-9,13H2,1H3,(H,20,21).